The number of benzene rings is 3. The molecule has 1 aromatic heterocycles. The molecule has 0 saturated carbocycles. The number of nitrogens with zero attached hydrogens (tertiary/aromatic N) is 1. The fourth-order valence-corrected chi connectivity index (χ4v) is 2.89. The lowest BCUT2D eigenvalue weighted by molar-refractivity contribution is 0.0999. The molecular weight excluding hydrogens is 322 g/mol. The van der Waals surface area contributed by atoms with Gasteiger partial charge in [0.25, 0.3) is 5.91 Å². The minimum Gasteiger partial charge on any atom is -0.464 e. The summed E-state index contributed by atoms with van der Waals surface area (Å²) in [6.07, 6.45) is 1.65. The number of para-hydroxylation sites is 1. The average molecular weight is 339 g/mol. The Morgan fingerprint density at radius 3 is 1.88 bits per heavy atom. The first-order valence-corrected chi connectivity index (χ1v) is 8.41. The maximum Gasteiger partial charge on any atom is 0.262 e. The number of rotatable bonds is 4. The molecule has 4 rings (SSSR count). The van der Waals surface area contributed by atoms with Crippen LogP contribution in [0.25, 0.3) is 11.3 Å². The summed E-state index contributed by atoms with van der Waals surface area (Å²) in [7, 11) is 0. The molecule has 0 spiro atoms. The van der Waals surface area contributed by atoms with Crippen LogP contribution < -0.4 is 4.90 Å². The second kappa shape index (κ2) is 7.11. The summed E-state index contributed by atoms with van der Waals surface area (Å²) < 4.78 is 5.44. The zero-order valence-corrected chi connectivity index (χ0v) is 14.1. The van der Waals surface area contributed by atoms with Crippen LogP contribution in [-0.4, -0.2) is 5.91 Å². The summed E-state index contributed by atoms with van der Waals surface area (Å²) in [6, 6.07) is 30.5. The number of furan rings is 1. The van der Waals surface area contributed by atoms with Crippen molar-refractivity contribution in [2.24, 2.45) is 0 Å². The van der Waals surface area contributed by atoms with Crippen molar-refractivity contribution in [1.82, 2.24) is 0 Å². The standard InChI is InChI=1S/C23H17NO2/c25-23(19-8-3-1-4-9-19)24(20-10-5-2-6-11-20)21-15-13-18(14-16-21)22-12-7-17-26-22/h1-17H. The second-order valence-corrected chi connectivity index (χ2v) is 5.87. The van der Waals surface area contributed by atoms with Gasteiger partial charge >= 0.3 is 0 Å². The van der Waals surface area contributed by atoms with E-state index in [4.69, 9.17) is 4.42 Å². The summed E-state index contributed by atoms with van der Waals surface area (Å²) in [5.41, 5.74) is 3.25. The lowest BCUT2D eigenvalue weighted by Crippen LogP contribution is -2.25. The molecule has 0 radical (unpaired) electrons. The smallest absolute Gasteiger partial charge is 0.262 e. The topological polar surface area (TPSA) is 33.5 Å². The summed E-state index contributed by atoms with van der Waals surface area (Å²) in [5.74, 6) is 0.736. The average Bonchev–Trinajstić information content (AvgIpc) is 3.25. The van der Waals surface area contributed by atoms with Gasteiger partial charge in [-0.25, -0.2) is 0 Å². The van der Waals surface area contributed by atoms with E-state index in [2.05, 4.69) is 0 Å². The van der Waals surface area contributed by atoms with E-state index in [1.165, 1.54) is 0 Å². The van der Waals surface area contributed by atoms with Crippen LogP contribution in [0.15, 0.2) is 108 Å². The Hall–Kier alpha value is -3.59. The van der Waals surface area contributed by atoms with Gasteiger partial charge in [-0.3, -0.25) is 9.69 Å². The van der Waals surface area contributed by atoms with Crippen molar-refractivity contribution in [3.63, 3.8) is 0 Å². The molecule has 0 aliphatic heterocycles. The zero-order valence-electron chi connectivity index (χ0n) is 14.1. The van der Waals surface area contributed by atoms with E-state index in [-0.39, 0.29) is 5.91 Å². The molecule has 1 amide bonds. The Kier molecular flexibility index (Phi) is 4.35. The van der Waals surface area contributed by atoms with E-state index in [0.717, 1.165) is 22.7 Å². The highest BCUT2D eigenvalue weighted by atomic mass is 16.3. The molecule has 0 unspecified atom stereocenters. The first-order valence-electron chi connectivity index (χ1n) is 8.41. The Morgan fingerprint density at radius 2 is 1.27 bits per heavy atom. The Balaban J connectivity index is 1.75. The molecule has 3 aromatic carbocycles. The Bertz CT molecular complexity index is 976. The van der Waals surface area contributed by atoms with E-state index in [0.29, 0.717) is 5.56 Å². The molecule has 3 heteroatoms. The van der Waals surface area contributed by atoms with Crippen LogP contribution in [-0.2, 0) is 0 Å². The predicted molar refractivity (Wildman–Crippen MR) is 103 cm³/mol. The Labute approximate surface area is 152 Å². The van der Waals surface area contributed by atoms with Gasteiger partial charge in [0.2, 0.25) is 0 Å². The largest absolute Gasteiger partial charge is 0.464 e. The van der Waals surface area contributed by atoms with Gasteiger partial charge in [0.05, 0.1) is 6.26 Å². The van der Waals surface area contributed by atoms with Crippen LogP contribution in [0.2, 0.25) is 0 Å². The zero-order chi connectivity index (χ0) is 17.8. The minimum absolute atomic E-state index is 0.0671. The third kappa shape index (κ3) is 3.15. The molecule has 0 aliphatic rings. The molecule has 0 saturated heterocycles. The summed E-state index contributed by atoms with van der Waals surface area (Å²) >= 11 is 0. The third-order valence-corrected chi connectivity index (χ3v) is 4.17. The fraction of sp³-hybridized carbons (Fsp3) is 0. The van der Waals surface area contributed by atoms with Crippen molar-refractivity contribution in [1.29, 1.82) is 0 Å². The van der Waals surface area contributed by atoms with Crippen LogP contribution in [0.1, 0.15) is 10.4 Å². The van der Waals surface area contributed by atoms with Gasteiger partial charge in [0.15, 0.2) is 0 Å². The monoisotopic (exact) mass is 339 g/mol. The SMILES string of the molecule is O=C(c1ccccc1)N(c1ccccc1)c1ccc(-c2ccco2)cc1. The summed E-state index contributed by atoms with van der Waals surface area (Å²) in [4.78, 5) is 14.9. The molecular formula is C23H17NO2. The normalized spacial score (nSPS) is 10.5. The van der Waals surface area contributed by atoms with E-state index in [1.807, 2.05) is 97.1 Å². The lowest BCUT2D eigenvalue weighted by Gasteiger charge is -2.23. The van der Waals surface area contributed by atoms with E-state index < -0.39 is 0 Å². The molecule has 1 heterocycles. The van der Waals surface area contributed by atoms with E-state index in [1.54, 1.807) is 11.2 Å². The molecule has 3 nitrogen and oxygen atoms in total. The van der Waals surface area contributed by atoms with E-state index >= 15 is 0 Å². The van der Waals surface area contributed by atoms with Crippen LogP contribution in [0.3, 0.4) is 0 Å². The third-order valence-electron chi connectivity index (χ3n) is 4.17. The highest BCUT2D eigenvalue weighted by Crippen LogP contribution is 2.30. The first kappa shape index (κ1) is 15.9. The van der Waals surface area contributed by atoms with Crippen molar-refractivity contribution in [2.45, 2.75) is 0 Å². The van der Waals surface area contributed by atoms with E-state index in [9.17, 15) is 4.79 Å². The number of anilines is 2. The number of hydrogen-bond acceptors (Lipinski definition) is 2. The van der Waals surface area contributed by atoms with Crippen molar-refractivity contribution in [3.8, 4) is 11.3 Å². The number of amides is 1. The van der Waals surface area contributed by atoms with Gasteiger partial charge in [0, 0.05) is 22.5 Å². The van der Waals surface area contributed by atoms with Crippen molar-refractivity contribution in [2.75, 3.05) is 4.90 Å². The maximum atomic E-state index is 13.2. The van der Waals surface area contributed by atoms with Crippen LogP contribution in [0.5, 0.6) is 0 Å². The number of hydrogen-bond donors (Lipinski definition) is 0. The highest BCUT2D eigenvalue weighted by molar-refractivity contribution is 6.10. The molecule has 0 aliphatic carbocycles. The first-order chi connectivity index (χ1) is 12.8. The quantitative estimate of drug-likeness (QED) is 0.462. The van der Waals surface area contributed by atoms with Crippen molar-refractivity contribution < 1.29 is 9.21 Å². The highest BCUT2D eigenvalue weighted by Gasteiger charge is 2.19. The molecule has 0 N–H and O–H groups in total. The lowest BCUT2D eigenvalue weighted by atomic mass is 10.1. The van der Waals surface area contributed by atoms with Crippen LogP contribution in [0, 0.1) is 0 Å². The molecule has 126 valence electrons. The number of carbonyl (C=O) groups is 1. The maximum absolute atomic E-state index is 13.2. The predicted octanol–water partition coefficient (Wildman–Crippen LogP) is 5.93. The van der Waals surface area contributed by atoms with Crippen molar-refractivity contribution >= 4 is 17.3 Å². The van der Waals surface area contributed by atoms with Gasteiger partial charge < -0.3 is 4.42 Å². The van der Waals surface area contributed by atoms with Gasteiger partial charge in [-0.2, -0.15) is 0 Å². The second-order valence-electron chi connectivity index (χ2n) is 5.87. The van der Waals surface area contributed by atoms with Crippen LogP contribution >= 0.6 is 0 Å². The summed E-state index contributed by atoms with van der Waals surface area (Å²) in [5, 5.41) is 0. The van der Waals surface area contributed by atoms with Crippen LogP contribution in [0.4, 0.5) is 11.4 Å². The molecule has 26 heavy (non-hydrogen) atoms. The molecule has 4 aromatic rings. The van der Waals surface area contributed by atoms with Gasteiger partial charge in [-0.1, -0.05) is 36.4 Å². The Morgan fingerprint density at radius 1 is 0.654 bits per heavy atom. The van der Waals surface area contributed by atoms with Gasteiger partial charge in [-0.15, -0.1) is 0 Å². The van der Waals surface area contributed by atoms with Gasteiger partial charge in [0.1, 0.15) is 5.76 Å². The minimum atomic E-state index is -0.0671. The van der Waals surface area contributed by atoms with Crippen molar-refractivity contribution in [3.05, 3.63) is 109 Å². The van der Waals surface area contributed by atoms with Gasteiger partial charge in [-0.05, 0) is 60.7 Å². The summed E-state index contributed by atoms with van der Waals surface area (Å²) in [6.45, 7) is 0. The molecule has 0 bridgehead atoms. The number of carbonyl (C=O) groups excluding carboxylic acids is 1. The molecule has 0 atom stereocenters. The fourth-order valence-electron chi connectivity index (χ4n) is 2.89. The molecule has 0 fully saturated rings.